The molecule has 1 aromatic heterocycles. The number of hydrogen-bond acceptors (Lipinski definition) is 4. The van der Waals surface area contributed by atoms with Crippen LogP contribution in [0.3, 0.4) is 0 Å². The predicted octanol–water partition coefficient (Wildman–Crippen LogP) is 7.25. The highest BCUT2D eigenvalue weighted by atomic mass is 19.3. The van der Waals surface area contributed by atoms with Crippen molar-refractivity contribution in [1.82, 2.24) is 15.2 Å². The Bertz CT molecular complexity index is 1300. The summed E-state index contributed by atoms with van der Waals surface area (Å²) in [5, 5.41) is 12.3. The van der Waals surface area contributed by atoms with E-state index in [1.165, 1.54) is 41.3 Å². The summed E-state index contributed by atoms with van der Waals surface area (Å²) in [6.07, 6.45) is -0.00109. The van der Waals surface area contributed by atoms with Crippen molar-refractivity contribution in [3.63, 3.8) is 0 Å². The van der Waals surface area contributed by atoms with Crippen LogP contribution in [-0.2, 0) is 22.6 Å². The van der Waals surface area contributed by atoms with Crippen LogP contribution in [0.15, 0.2) is 73.1 Å². The Hall–Kier alpha value is -3.95. The number of nitrogens with one attached hydrogen (secondary N) is 1. The van der Waals surface area contributed by atoms with Gasteiger partial charge in [-0.1, -0.05) is 44.2 Å². The van der Waals surface area contributed by atoms with E-state index in [0.29, 0.717) is 0 Å². The van der Waals surface area contributed by atoms with Gasteiger partial charge in [-0.25, -0.2) is 17.6 Å². The lowest BCUT2D eigenvalue weighted by Crippen LogP contribution is -2.45. The maximum atomic E-state index is 14.1. The van der Waals surface area contributed by atoms with Crippen LogP contribution in [0.5, 0.6) is 5.75 Å². The number of amides is 2. The summed E-state index contributed by atoms with van der Waals surface area (Å²) in [6.45, 7) is 3.99. The van der Waals surface area contributed by atoms with Crippen LogP contribution in [0, 0.1) is 5.92 Å². The second kappa shape index (κ2) is 15.3. The first-order valence-electron chi connectivity index (χ1n) is 14.1. The van der Waals surface area contributed by atoms with Crippen LogP contribution in [0.1, 0.15) is 75.7 Å². The van der Waals surface area contributed by atoms with Crippen molar-refractivity contribution in [2.24, 2.45) is 5.92 Å². The number of phenolic OH excluding ortho intramolecular Hbond substituents is 1. The number of aryl methyl sites for hydroxylation is 1. The fourth-order valence-electron chi connectivity index (χ4n) is 5.01. The summed E-state index contributed by atoms with van der Waals surface area (Å²) in [5.41, 5.74) is 1.36. The number of alkyl halides is 4. The molecule has 2 N–H and O–H groups in total. The van der Waals surface area contributed by atoms with E-state index in [-0.39, 0.29) is 57.1 Å². The fraction of sp³-hybridized carbons (Fsp3) is 0.406. The van der Waals surface area contributed by atoms with Gasteiger partial charge in [0.2, 0.25) is 17.7 Å². The molecule has 2 atom stereocenters. The molecule has 1 aliphatic rings. The Morgan fingerprint density at radius 3 is 2.33 bits per heavy atom. The van der Waals surface area contributed by atoms with E-state index in [4.69, 9.17) is 0 Å². The van der Waals surface area contributed by atoms with Crippen LogP contribution < -0.4 is 5.32 Å². The molecular formula is C32H39F4N3O3. The number of aromatic nitrogens is 1. The van der Waals surface area contributed by atoms with Gasteiger partial charge in [0.25, 0.3) is 6.43 Å². The summed E-state index contributed by atoms with van der Waals surface area (Å²) in [6, 6.07) is 13.7. The number of aromatic hydroxyl groups is 1. The number of carbonyl (C=O) groups excluding carboxylic acids is 2. The summed E-state index contributed by atoms with van der Waals surface area (Å²) < 4.78 is 55.4. The van der Waals surface area contributed by atoms with Crippen molar-refractivity contribution in [3.8, 4) is 5.75 Å². The maximum Gasteiger partial charge on any atom is 0.263 e. The number of carbonyl (C=O) groups is 2. The first-order valence-corrected chi connectivity index (χ1v) is 14.1. The molecule has 1 heterocycles. The van der Waals surface area contributed by atoms with Gasteiger partial charge in [0, 0.05) is 51.7 Å². The molecule has 42 heavy (non-hydrogen) atoms. The van der Waals surface area contributed by atoms with E-state index < -0.39 is 42.5 Å². The molecule has 228 valence electrons. The molecule has 1 fully saturated rings. The summed E-state index contributed by atoms with van der Waals surface area (Å²) in [7, 11) is 0. The zero-order chi connectivity index (χ0) is 30.7. The molecule has 0 aliphatic heterocycles. The molecule has 2 unspecified atom stereocenters. The monoisotopic (exact) mass is 589 g/mol. The molecule has 2 amide bonds. The topological polar surface area (TPSA) is 82.5 Å². The number of pyridine rings is 1. The van der Waals surface area contributed by atoms with E-state index in [0.717, 1.165) is 11.1 Å². The first-order chi connectivity index (χ1) is 20.1. The molecule has 0 radical (unpaired) electrons. The number of phenols is 1. The Morgan fingerprint density at radius 2 is 1.71 bits per heavy atom. The molecule has 0 saturated heterocycles. The van der Waals surface area contributed by atoms with Gasteiger partial charge in [-0.3, -0.25) is 14.6 Å². The summed E-state index contributed by atoms with van der Waals surface area (Å²) in [4.78, 5) is 32.6. The zero-order valence-corrected chi connectivity index (χ0v) is 23.8. The third-order valence-electron chi connectivity index (χ3n) is 7.10. The average molecular weight is 590 g/mol. The third-order valence-corrected chi connectivity index (χ3v) is 7.10. The van der Waals surface area contributed by atoms with Crippen molar-refractivity contribution < 1.29 is 33.7 Å². The van der Waals surface area contributed by atoms with Crippen molar-refractivity contribution in [2.75, 3.05) is 6.54 Å². The van der Waals surface area contributed by atoms with E-state index in [1.807, 2.05) is 13.8 Å². The maximum absolute atomic E-state index is 14.1. The molecule has 1 saturated carbocycles. The van der Waals surface area contributed by atoms with Crippen molar-refractivity contribution >= 4 is 11.8 Å². The van der Waals surface area contributed by atoms with Crippen LogP contribution in [0.2, 0.25) is 0 Å². The van der Waals surface area contributed by atoms with Crippen molar-refractivity contribution in [2.45, 2.75) is 70.9 Å². The predicted molar refractivity (Wildman–Crippen MR) is 154 cm³/mol. The van der Waals surface area contributed by atoms with E-state index in [2.05, 4.69) is 10.3 Å². The standard InChI is InChI=1S/C30H31F4N3O3.C2H6.H2/c31-28(32)24-3-1-2-23(16-24)27(29(40)36-18-21-11-14-35-15-12-21)37(19-22-10-13-30(33,34)17-22)26(39)9-6-20-4-7-25(38)8-5-20;1-2;/h1-5,7-8,11-12,14-16,22,27-28,38H,6,9-10,13,17-19H2,(H,36,40);1-2H3;1H. The Morgan fingerprint density at radius 1 is 1.05 bits per heavy atom. The second-order valence-corrected chi connectivity index (χ2v) is 10.1. The van der Waals surface area contributed by atoms with Gasteiger partial charge < -0.3 is 15.3 Å². The molecule has 0 bridgehead atoms. The minimum atomic E-state index is -2.86. The molecule has 2 aromatic carbocycles. The Balaban J connectivity index is 0.00000211. The van der Waals surface area contributed by atoms with E-state index >= 15 is 0 Å². The highest BCUT2D eigenvalue weighted by molar-refractivity contribution is 5.89. The summed E-state index contributed by atoms with van der Waals surface area (Å²) in [5.74, 6) is -4.41. The molecule has 6 nitrogen and oxygen atoms in total. The minimum absolute atomic E-state index is 0. The number of benzene rings is 2. The van der Waals surface area contributed by atoms with E-state index in [9.17, 15) is 32.3 Å². The van der Waals surface area contributed by atoms with Crippen LogP contribution in [0.25, 0.3) is 0 Å². The van der Waals surface area contributed by atoms with Gasteiger partial charge in [0.05, 0.1) is 0 Å². The van der Waals surface area contributed by atoms with Crippen LogP contribution >= 0.6 is 0 Å². The van der Waals surface area contributed by atoms with Crippen molar-refractivity contribution in [3.05, 3.63) is 95.3 Å². The Kier molecular flexibility index (Phi) is 11.9. The molecule has 10 heteroatoms. The SMILES string of the molecule is CC.O=C(NCc1ccncc1)C(c1cccc(C(F)F)c1)N(CC1CCC(F)(F)C1)C(=O)CCc1ccc(O)cc1.[HH]. The molecular weight excluding hydrogens is 550 g/mol. The van der Waals surface area contributed by atoms with Gasteiger partial charge in [-0.15, -0.1) is 0 Å². The minimum Gasteiger partial charge on any atom is -0.508 e. The highest BCUT2D eigenvalue weighted by Gasteiger charge is 2.42. The number of nitrogens with zero attached hydrogens (tertiary/aromatic N) is 2. The molecule has 4 rings (SSSR count). The van der Waals surface area contributed by atoms with E-state index in [1.54, 1.807) is 36.7 Å². The smallest absolute Gasteiger partial charge is 0.263 e. The van der Waals surface area contributed by atoms with Gasteiger partial charge in [-0.05, 0) is 65.8 Å². The van der Waals surface area contributed by atoms with Gasteiger partial charge in [-0.2, -0.15) is 0 Å². The van der Waals surface area contributed by atoms with Crippen molar-refractivity contribution in [1.29, 1.82) is 0 Å². The normalized spacial score (nSPS) is 16.3. The first kappa shape index (κ1) is 32.6. The average Bonchev–Trinajstić information content (AvgIpc) is 3.34. The molecule has 0 spiro atoms. The second-order valence-electron chi connectivity index (χ2n) is 10.1. The quantitative estimate of drug-likeness (QED) is 0.231. The Labute approximate surface area is 245 Å². The fourth-order valence-corrected chi connectivity index (χ4v) is 5.01. The van der Waals surface area contributed by atoms with Crippen LogP contribution in [0.4, 0.5) is 17.6 Å². The largest absolute Gasteiger partial charge is 0.508 e. The highest BCUT2D eigenvalue weighted by Crippen LogP contribution is 2.40. The van der Waals surface area contributed by atoms with Crippen LogP contribution in [-0.4, -0.2) is 39.3 Å². The van der Waals surface area contributed by atoms with Gasteiger partial charge >= 0.3 is 0 Å². The lowest BCUT2D eigenvalue weighted by atomic mass is 9.98. The number of halogens is 4. The van der Waals surface area contributed by atoms with Gasteiger partial charge in [0.1, 0.15) is 11.8 Å². The number of hydrogen-bond donors (Lipinski definition) is 2. The lowest BCUT2D eigenvalue weighted by molar-refractivity contribution is -0.141. The third kappa shape index (κ3) is 9.29. The molecule has 1 aliphatic carbocycles. The molecule has 3 aromatic rings. The number of rotatable bonds is 11. The van der Waals surface area contributed by atoms with Gasteiger partial charge in [0.15, 0.2) is 0 Å². The zero-order valence-electron chi connectivity index (χ0n) is 23.8. The summed E-state index contributed by atoms with van der Waals surface area (Å²) >= 11 is 0. The lowest BCUT2D eigenvalue weighted by Gasteiger charge is -2.34.